The number of hydrogen-bond acceptors (Lipinski definition) is 5. The van der Waals surface area contributed by atoms with Crippen LogP contribution in [0.5, 0.6) is 0 Å². The van der Waals surface area contributed by atoms with Crippen molar-refractivity contribution in [1.29, 1.82) is 0 Å². The standard InChI is InChI=1S/C17H14IN5O2/c18-16-12(10-4-5-10)8-14-13(16)7-11(19-20-14)3-1-2-6-23-9-15(17(24)25)21-22-23/h7,9-10H,2,4-6,8H2,(H,24,25). The molecule has 4 rings (SSSR count). The second-order valence-electron chi connectivity index (χ2n) is 6.10. The zero-order chi connectivity index (χ0) is 17.4. The summed E-state index contributed by atoms with van der Waals surface area (Å²) >= 11 is 2.41. The van der Waals surface area contributed by atoms with Gasteiger partial charge in [0.15, 0.2) is 5.69 Å². The van der Waals surface area contributed by atoms with Gasteiger partial charge in [0.25, 0.3) is 0 Å². The number of carboxylic acid groups (broad SMARTS) is 1. The van der Waals surface area contributed by atoms with Crippen LogP contribution in [0.25, 0.3) is 3.58 Å². The predicted octanol–water partition coefficient (Wildman–Crippen LogP) is 2.32. The topological polar surface area (TPSA) is 93.8 Å². The highest BCUT2D eigenvalue weighted by Crippen LogP contribution is 2.47. The van der Waals surface area contributed by atoms with E-state index in [2.05, 4.69) is 54.9 Å². The molecular weight excluding hydrogens is 433 g/mol. The van der Waals surface area contributed by atoms with Crippen LogP contribution in [0.4, 0.5) is 0 Å². The van der Waals surface area contributed by atoms with Crippen LogP contribution < -0.4 is 0 Å². The molecule has 0 amide bonds. The normalized spacial score (nSPS) is 15.7. The Hall–Kier alpha value is -2.28. The lowest BCUT2D eigenvalue weighted by Gasteiger charge is -1.98. The van der Waals surface area contributed by atoms with Crippen LogP contribution in [-0.2, 0) is 13.0 Å². The van der Waals surface area contributed by atoms with E-state index in [0.29, 0.717) is 18.7 Å². The number of aromatic nitrogens is 5. The summed E-state index contributed by atoms with van der Waals surface area (Å²) in [4.78, 5) is 10.8. The van der Waals surface area contributed by atoms with Gasteiger partial charge in [0, 0.05) is 22.0 Å². The van der Waals surface area contributed by atoms with Gasteiger partial charge in [-0.15, -0.1) is 10.2 Å². The Bertz CT molecular complexity index is 949. The molecule has 0 unspecified atom stereocenters. The van der Waals surface area contributed by atoms with E-state index >= 15 is 0 Å². The van der Waals surface area contributed by atoms with Gasteiger partial charge >= 0.3 is 5.97 Å². The summed E-state index contributed by atoms with van der Waals surface area (Å²) in [5.74, 6) is 5.72. The first-order valence-corrected chi connectivity index (χ1v) is 9.07. The van der Waals surface area contributed by atoms with Gasteiger partial charge < -0.3 is 5.11 Å². The van der Waals surface area contributed by atoms with E-state index in [1.165, 1.54) is 38.4 Å². The largest absolute Gasteiger partial charge is 0.476 e. The van der Waals surface area contributed by atoms with Gasteiger partial charge in [-0.25, -0.2) is 4.79 Å². The fourth-order valence-electron chi connectivity index (χ4n) is 2.81. The van der Waals surface area contributed by atoms with Crippen LogP contribution in [0.15, 0.2) is 17.8 Å². The van der Waals surface area contributed by atoms with E-state index in [9.17, 15) is 4.79 Å². The number of carbonyl (C=O) groups is 1. The molecule has 7 nitrogen and oxygen atoms in total. The van der Waals surface area contributed by atoms with Gasteiger partial charge in [0.05, 0.1) is 18.4 Å². The average molecular weight is 447 g/mol. The number of hydrogen-bond donors (Lipinski definition) is 1. The molecule has 0 spiro atoms. The second kappa shape index (κ2) is 6.55. The SMILES string of the molecule is O=C(O)c1cn(CCC#Cc2cc3c(nn2)CC(C2CC2)=C3I)nn1. The number of allylic oxidation sites excluding steroid dienone is 1. The van der Waals surface area contributed by atoms with Crippen molar-refractivity contribution in [3.05, 3.63) is 40.5 Å². The molecule has 0 aromatic carbocycles. The summed E-state index contributed by atoms with van der Waals surface area (Å²) in [6, 6.07) is 2.02. The molecule has 0 atom stereocenters. The van der Waals surface area contributed by atoms with E-state index in [0.717, 1.165) is 18.0 Å². The molecule has 1 saturated carbocycles. The Morgan fingerprint density at radius 3 is 2.92 bits per heavy atom. The monoisotopic (exact) mass is 447 g/mol. The molecule has 2 heterocycles. The molecule has 2 aliphatic carbocycles. The van der Waals surface area contributed by atoms with Crippen molar-refractivity contribution in [3.8, 4) is 11.8 Å². The highest BCUT2D eigenvalue weighted by molar-refractivity contribution is 14.1. The molecule has 0 radical (unpaired) electrons. The van der Waals surface area contributed by atoms with Crippen LogP contribution >= 0.6 is 22.6 Å². The zero-order valence-electron chi connectivity index (χ0n) is 13.2. The van der Waals surface area contributed by atoms with Crippen molar-refractivity contribution >= 4 is 32.1 Å². The quantitative estimate of drug-likeness (QED) is 0.572. The summed E-state index contributed by atoms with van der Waals surface area (Å²) in [5.41, 5.74) is 4.33. The lowest BCUT2D eigenvalue weighted by atomic mass is 10.1. The van der Waals surface area contributed by atoms with Crippen molar-refractivity contribution < 1.29 is 9.90 Å². The minimum Gasteiger partial charge on any atom is -0.476 e. The molecule has 2 aromatic heterocycles. The van der Waals surface area contributed by atoms with Crippen molar-refractivity contribution in [3.63, 3.8) is 0 Å². The van der Waals surface area contributed by atoms with E-state index in [-0.39, 0.29) is 5.69 Å². The van der Waals surface area contributed by atoms with Gasteiger partial charge in [-0.3, -0.25) is 4.68 Å². The smallest absolute Gasteiger partial charge is 0.358 e. The summed E-state index contributed by atoms with van der Waals surface area (Å²) in [6.07, 6.45) is 5.44. The number of aromatic carboxylic acids is 1. The van der Waals surface area contributed by atoms with E-state index in [1.807, 2.05) is 6.07 Å². The van der Waals surface area contributed by atoms with Gasteiger partial charge in [-0.05, 0) is 58.9 Å². The zero-order valence-corrected chi connectivity index (χ0v) is 15.4. The predicted molar refractivity (Wildman–Crippen MR) is 97.9 cm³/mol. The maximum Gasteiger partial charge on any atom is 0.358 e. The Kier molecular flexibility index (Phi) is 4.25. The van der Waals surface area contributed by atoms with E-state index in [1.54, 1.807) is 0 Å². The maximum absolute atomic E-state index is 10.8. The summed E-state index contributed by atoms with van der Waals surface area (Å²) in [7, 11) is 0. The van der Waals surface area contributed by atoms with E-state index < -0.39 is 5.97 Å². The Labute approximate surface area is 157 Å². The van der Waals surface area contributed by atoms with Crippen molar-refractivity contribution in [1.82, 2.24) is 25.2 Å². The molecule has 2 aromatic rings. The Morgan fingerprint density at radius 2 is 2.20 bits per heavy atom. The number of carboxylic acids is 1. The molecule has 0 bridgehead atoms. The molecule has 1 N–H and O–H groups in total. The van der Waals surface area contributed by atoms with Crippen LogP contribution in [0.2, 0.25) is 0 Å². The molecule has 0 saturated heterocycles. The summed E-state index contributed by atoms with van der Waals surface area (Å²) in [5, 5.41) is 24.7. The first-order chi connectivity index (χ1) is 12.1. The first kappa shape index (κ1) is 16.2. The number of halogens is 1. The molecular formula is C17H14IN5O2. The van der Waals surface area contributed by atoms with Gasteiger partial charge in [0.2, 0.25) is 0 Å². The van der Waals surface area contributed by atoms with Crippen molar-refractivity contribution in [2.75, 3.05) is 0 Å². The fraction of sp³-hybridized carbons (Fsp3) is 0.353. The van der Waals surface area contributed by atoms with Gasteiger partial charge in [0.1, 0.15) is 5.69 Å². The lowest BCUT2D eigenvalue weighted by Crippen LogP contribution is -1.98. The molecule has 8 heteroatoms. The second-order valence-corrected chi connectivity index (χ2v) is 7.18. The van der Waals surface area contributed by atoms with Crippen LogP contribution in [-0.4, -0.2) is 36.3 Å². The number of rotatable bonds is 4. The number of aryl methyl sites for hydroxylation is 1. The van der Waals surface area contributed by atoms with Crippen LogP contribution in [0.3, 0.4) is 0 Å². The highest BCUT2D eigenvalue weighted by Gasteiger charge is 2.33. The van der Waals surface area contributed by atoms with Gasteiger partial charge in [-0.2, -0.15) is 5.10 Å². The molecule has 25 heavy (non-hydrogen) atoms. The summed E-state index contributed by atoms with van der Waals surface area (Å²) < 4.78 is 2.79. The minimum atomic E-state index is -1.08. The third-order valence-corrected chi connectivity index (χ3v) is 5.53. The van der Waals surface area contributed by atoms with Crippen LogP contribution in [0.1, 0.15) is 46.7 Å². The van der Waals surface area contributed by atoms with Crippen molar-refractivity contribution in [2.45, 2.75) is 32.2 Å². The number of fused-ring (bicyclic) bond motifs is 1. The lowest BCUT2D eigenvalue weighted by molar-refractivity contribution is 0.0690. The molecule has 1 fully saturated rings. The number of nitrogens with zero attached hydrogens (tertiary/aromatic N) is 5. The molecule has 2 aliphatic rings. The van der Waals surface area contributed by atoms with Gasteiger partial charge in [-0.1, -0.05) is 11.1 Å². The fourth-order valence-corrected chi connectivity index (χ4v) is 3.91. The highest BCUT2D eigenvalue weighted by atomic mass is 127. The molecule has 126 valence electrons. The maximum atomic E-state index is 10.8. The first-order valence-electron chi connectivity index (χ1n) is 7.99. The van der Waals surface area contributed by atoms with E-state index in [4.69, 9.17) is 5.11 Å². The third-order valence-electron chi connectivity index (χ3n) is 4.26. The minimum absolute atomic E-state index is 0.0646. The average Bonchev–Trinajstić information content (AvgIpc) is 3.24. The summed E-state index contributed by atoms with van der Waals surface area (Å²) in [6.45, 7) is 0.481. The third kappa shape index (κ3) is 3.42. The Balaban J connectivity index is 1.42. The van der Waals surface area contributed by atoms with Crippen molar-refractivity contribution in [2.24, 2.45) is 5.92 Å². The Morgan fingerprint density at radius 1 is 1.36 bits per heavy atom. The van der Waals surface area contributed by atoms with Crippen LogP contribution in [0, 0.1) is 17.8 Å². The molecule has 0 aliphatic heterocycles.